The lowest BCUT2D eigenvalue weighted by Gasteiger charge is -2.05. The van der Waals surface area contributed by atoms with Gasteiger partial charge in [-0.3, -0.25) is 4.99 Å². The van der Waals surface area contributed by atoms with Crippen LogP contribution >= 0.6 is 11.3 Å². The van der Waals surface area contributed by atoms with E-state index in [2.05, 4.69) is 4.99 Å². The molecule has 1 heterocycles. The van der Waals surface area contributed by atoms with Crippen LogP contribution < -0.4 is 0 Å². The minimum absolute atomic E-state index is 0.0231. The number of carbonyl (C=O) groups is 1. The summed E-state index contributed by atoms with van der Waals surface area (Å²) < 4.78 is 4.90. The first-order valence-corrected chi connectivity index (χ1v) is 6.78. The third-order valence-electron chi connectivity index (χ3n) is 2.14. The summed E-state index contributed by atoms with van der Waals surface area (Å²) in [6, 6.07) is 1.83. The molecule has 1 aromatic rings. The van der Waals surface area contributed by atoms with Crippen LogP contribution in [0.5, 0.6) is 0 Å². The molecular formula is C13H17NO3S. The van der Waals surface area contributed by atoms with Gasteiger partial charge in [0.2, 0.25) is 0 Å². The molecule has 0 saturated carbocycles. The lowest BCUT2D eigenvalue weighted by atomic mass is 10.2. The number of hydrogen-bond donors (Lipinski definition) is 1. The van der Waals surface area contributed by atoms with Crippen molar-refractivity contribution in [3.05, 3.63) is 28.2 Å². The van der Waals surface area contributed by atoms with E-state index in [-0.39, 0.29) is 17.9 Å². The topological polar surface area (TPSA) is 58.9 Å². The van der Waals surface area contributed by atoms with Crippen LogP contribution in [0, 0.1) is 0 Å². The van der Waals surface area contributed by atoms with Gasteiger partial charge in [0, 0.05) is 18.0 Å². The number of carbonyl (C=O) groups excluding carboxylic acids is 1. The molecule has 0 aliphatic rings. The standard InChI is InChI=1S/C13H17NO3S/c1-3-5-12(15)11(13(16)17-4-2)8-14-10-6-7-18-9-10/h6-9,15H,3-5H2,1-2H3. The van der Waals surface area contributed by atoms with Crippen LogP contribution in [0.3, 0.4) is 0 Å². The Labute approximate surface area is 111 Å². The molecule has 0 aromatic carbocycles. The highest BCUT2D eigenvalue weighted by Gasteiger charge is 2.14. The van der Waals surface area contributed by atoms with Gasteiger partial charge in [-0.05, 0) is 24.8 Å². The number of ether oxygens (including phenoxy) is 1. The third-order valence-corrected chi connectivity index (χ3v) is 2.81. The first-order valence-electron chi connectivity index (χ1n) is 5.84. The highest BCUT2D eigenvalue weighted by molar-refractivity contribution is 7.08. The van der Waals surface area contributed by atoms with Crippen molar-refractivity contribution >= 4 is 29.2 Å². The lowest BCUT2D eigenvalue weighted by Crippen LogP contribution is -2.11. The van der Waals surface area contributed by atoms with E-state index in [0.717, 1.165) is 12.1 Å². The van der Waals surface area contributed by atoms with E-state index in [1.54, 1.807) is 6.92 Å². The minimum Gasteiger partial charge on any atom is -0.511 e. The Morgan fingerprint density at radius 2 is 2.33 bits per heavy atom. The van der Waals surface area contributed by atoms with Crippen molar-refractivity contribution in [1.82, 2.24) is 0 Å². The molecule has 98 valence electrons. The maximum atomic E-state index is 11.7. The van der Waals surface area contributed by atoms with Crippen molar-refractivity contribution in [2.24, 2.45) is 4.99 Å². The molecule has 0 fully saturated rings. The zero-order valence-electron chi connectivity index (χ0n) is 10.5. The van der Waals surface area contributed by atoms with Crippen molar-refractivity contribution in [3.63, 3.8) is 0 Å². The number of aliphatic imine (C=N–C) groups is 1. The van der Waals surface area contributed by atoms with E-state index in [4.69, 9.17) is 4.74 Å². The average Bonchev–Trinajstić information content (AvgIpc) is 2.83. The molecule has 0 amide bonds. The fraction of sp³-hybridized carbons (Fsp3) is 0.385. The smallest absolute Gasteiger partial charge is 0.343 e. The van der Waals surface area contributed by atoms with Gasteiger partial charge in [0.05, 0.1) is 12.3 Å². The van der Waals surface area contributed by atoms with E-state index in [1.807, 2.05) is 23.8 Å². The predicted octanol–water partition coefficient (Wildman–Crippen LogP) is 3.63. The Morgan fingerprint density at radius 1 is 1.56 bits per heavy atom. The fourth-order valence-electron chi connectivity index (χ4n) is 1.30. The van der Waals surface area contributed by atoms with Crippen molar-refractivity contribution in [2.75, 3.05) is 6.61 Å². The summed E-state index contributed by atoms with van der Waals surface area (Å²) in [5, 5.41) is 13.6. The predicted molar refractivity (Wildman–Crippen MR) is 73.7 cm³/mol. The van der Waals surface area contributed by atoms with Crippen LogP contribution in [0.25, 0.3) is 0 Å². The van der Waals surface area contributed by atoms with Crippen LogP contribution in [0.4, 0.5) is 5.69 Å². The molecule has 0 spiro atoms. The number of rotatable bonds is 6. The quantitative estimate of drug-likeness (QED) is 0.370. The van der Waals surface area contributed by atoms with E-state index in [9.17, 15) is 9.90 Å². The number of thiophene rings is 1. The van der Waals surface area contributed by atoms with Crippen molar-refractivity contribution < 1.29 is 14.6 Å². The second-order valence-electron chi connectivity index (χ2n) is 3.57. The highest BCUT2D eigenvalue weighted by Crippen LogP contribution is 2.16. The van der Waals surface area contributed by atoms with Gasteiger partial charge >= 0.3 is 5.97 Å². The normalized spacial score (nSPS) is 12.6. The van der Waals surface area contributed by atoms with Crippen molar-refractivity contribution in [1.29, 1.82) is 0 Å². The SMILES string of the molecule is CCCC(O)=C(C=Nc1ccsc1)C(=O)OCC. The molecule has 18 heavy (non-hydrogen) atoms. The number of aliphatic hydroxyl groups is 1. The van der Waals surface area contributed by atoms with Gasteiger partial charge in [-0.1, -0.05) is 6.92 Å². The summed E-state index contributed by atoms with van der Waals surface area (Å²) in [6.45, 7) is 3.92. The number of nitrogens with zero attached hydrogens (tertiary/aromatic N) is 1. The molecule has 1 N–H and O–H groups in total. The monoisotopic (exact) mass is 267 g/mol. The Morgan fingerprint density at radius 3 is 2.89 bits per heavy atom. The van der Waals surface area contributed by atoms with Crippen LogP contribution in [-0.2, 0) is 9.53 Å². The van der Waals surface area contributed by atoms with E-state index >= 15 is 0 Å². The van der Waals surface area contributed by atoms with E-state index < -0.39 is 5.97 Å². The van der Waals surface area contributed by atoms with Crippen molar-refractivity contribution in [3.8, 4) is 0 Å². The van der Waals surface area contributed by atoms with Gasteiger partial charge in [0.1, 0.15) is 11.3 Å². The summed E-state index contributed by atoms with van der Waals surface area (Å²) in [7, 11) is 0. The molecule has 0 radical (unpaired) electrons. The van der Waals surface area contributed by atoms with E-state index in [0.29, 0.717) is 6.42 Å². The number of aliphatic hydroxyl groups excluding tert-OH is 1. The Kier molecular flexibility index (Phi) is 6.14. The zero-order valence-corrected chi connectivity index (χ0v) is 11.4. The number of allylic oxidation sites excluding steroid dienone is 1. The molecule has 4 nitrogen and oxygen atoms in total. The Bertz CT molecular complexity index is 435. The average molecular weight is 267 g/mol. The van der Waals surface area contributed by atoms with E-state index in [1.165, 1.54) is 17.6 Å². The van der Waals surface area contributed by atoms with Gasteiger partial charge in [-0.15, -0.1) is 0 Å². The molecular weight excluding hydrogens is 250 g/mol. The second-order valence-corrected chi connectivity index (χ2v) is 4.35. The minimum atomic E-state index is -0.539. The molecule has 5 heteroatoms. The summed E-state index contributed by atoms with van der Waals surface area (Å²) in [4.78, 5) is 15.8. The van der Waals surface area contributed by atoms with Gasteiger partial charge in [-0.2, -0.15) is 11.3 Å². The maximum absolute atomic E-state index is 11.7. The second kappa shape index (κ2) is 7.66. The molecule has 0 atom stereocenters. The Balaban J connectivity index is 2.91. The summed E-state index contributed by atoms with van der Waals surface area (Å²) in [6.07, 6.45) is 2.55. The molecule has 0 saturated heterocycles. The molecule has 0 bridgehead atoms. The number of esters is 1. The van der Waals surface area contributed by atoms with Crippen LogP contribution in [0.1, 0.15) is 26.7 Å². The molecule has 0 unspecified atom stereocenters. The number of hydrogen-bond acceptors (Lipinski definition) is 5. The van der Waals surface area contributed by atoms with Gasteiger partial charge < -0.3 is 9.84 Å². The third kappa shape index (κ3) is 4.33. The van der Waals surface area contributed by atoms with Crippen LogP contribution in [-0.4, -0.2) is 23.9 Å². The van der Waals surface area contributed by atoms with Gasteiger partial charge in [0.25, 0.3) is 0 Å². The zero-order chi connectivity index (χ0) is 13.4. The Hall–Kier alpha value is -1.62. The van der Waals surface area contributed by atoms with Crippen LogP contribution in [0.15, 0.2) is 33.2 Å². The summed E-state index contributed by atoms with van der Waals surface area (Å²) in [5.41, 5.74) is 0.885. The first-order chi connectivity index (χ1) is 8.69. The molecule has 1 aromatic heterocycles. The van der Waals surface area contributed by atoms with Gasteiger partial charge in [0.15, 0.2) is 0 Å². The van der Waals surface area contributed by atoms with Crippen LogP contribution in [0.2, 0.25) is 0 Å². The van der Waals surface area contributed by atoms with Gasteiger partial charge in [-0.25, -0.2) is 4.79 Å². The largest absolute Gasteiger partial charge is 0.511 e. The fourth-order valence-corrected chi connectivity index (χ4v) is 1.87. The molecule has 1 rings (SSSR count). The highest BCUT2D eigenvalue weighted by atomic mass is 32.1. The lowest BCUT2D eigenvalue weighted by molar-refractivity contribution is -0.138. The molecule has 0 aliphatic heterocycles. The maximum Gasteiger partial charge on any atom is 0.343 e. The summed E-state index contributed by atoms with van der Waals surface area (Å²) >= 11 is 1.52. The summed E-state index contributed by atoms with van der Waals surface area (Å²) in [5.74, 6) is -0.516. The molecule has 0 aliphatic carbocycles. The van der Waals surface area contributed by atoms with Crippen molar-refractivity contribution in [2.45, 2.75) is 26.7 Å². The first kappa shape index (κ1) is 14.4.